The zero-order valence-corrected chi connectivity index (χ0v) is 27.2. The molecule has 11 heteroatoms. The molecule has 47 heavy (non-hydrogen) atoms. The van der Waals surface area contributed by atoms with Gasteiger partial charge in [-0.05, 0) is 95.8 Å². The van der Waals surface area contributed by atoms with E-state index >= 15 is 8.78 Å². The minimum Gasteiger partial charge on any atom is -0.490 e. The molecule has 4 aromatic carbocycles. The van der Waals surface area contributed by atoms with Crippen molar-refractivity contribution in [2.75, 3.05) is 26.2 Å². The second-order valence-electron chi connectivity index (χ2n) is 12.9. The highest BCUT2D eigenvalue weighted by Gasteiger charge is 2.51. The van der Waals surface area contributed by atoms with E-state index in [1.54, 1.807) is 42.5 Å². The minimum atomic E-state index is -4.55. The summed E-state index contributed by atoms with van der Waals surface area (Å²) in [6.45, 7) is 1.97. The first-order valence-corrected chi connectivity index (χ1v) is 17.9. The van der Waals surface area contributed by atoms with Crippen LogP contribution >= 0.6 is 11.6 Å². The fourth-order valence-electron chi connectivity index (χ4n) is 7.06. The van der Waals surface area contributed by atoms with Crippen LogP contribution in [0.1, 0.15) is 31.2 Å². The van der Waals surface area contributed by atoms with Crippen LogP contribution in [0.15, 0.2) is 89.8 Å². The minimum absolute atomic E-state index is 0.145. The van der Waals surface area contributed by atoms with Gasteiger partial charge in [0.05, 0.1) is 11.0 Å². The molecule has 0 radical (unpaired) electrons. The number of hydrogen-bond acceptors (Lipinski definition) is 5. The van der Waals surface area contributed by atoms with Crippen molar-refractivity contribution >= 4 is 38.3 Å². The van der Waals surface area contributed by atoms with Gasteiger partial charge in [-0.25, -0.2) is 8.42 Å². The highest BCUT2D eigenvalue weighted by Crippen LogP contribution is 2.37. The van der Waals surface area contributed by atoms with Gasteiger partial charge in [0.25, 0.3) is 5.92 Å². The van der Waals surface area contributed by atoms with Gasteiger partial charge in [-0.3, -0.25) is 4.79 Å². The second kappa shape index (κ2) is 12.8. The maximum atomic E-state index is 16.5. The number of halogens is 3. The van der Waals surface area contributed by atoms with Crippen LogP contribution in [0.25, 0.3) is 21.9 Å². The van der Waals surface area contributed by atoms with E-state index < -0.39 is 33.5 Å². The Morgan fingerprint density at radius 1 is 0.872 bits per heavy atom. The van der Waals surface area contributed by atoms with Crippen molar-refractivity contribution in [1.29, 1.82) is 0 Å². The third kappa shape index (κ3) is 6.61. The van der Waals surface area contributed by atoms with Crippen LogP contribution in [0, 0.1) is 11.8 Å². The summed E-state index contributed by atoms with van der Waals surface area (Å²) < 4.78 is 68.8. The van der Waals surface area contributed by atoms with Gasteiger partial charge in [-0.1, -0.05) is 60.1 Å². The molecule has 3 atom stereocenters. The number of likely N-dealkylation sites (tertiary alicyclic amines) is 1. The van der Waals surface area contributed by atoms with Gasteiger partial charge in [0.15, 0.2) is 6.04 Å². The number of sulfonamides is 1. The zero-order chi connectivity index (χ0) is 32.8. The average Bonchev–Trinajstić information content (AvgIpc) is 3.83. The Morgan fingerprint density at radius 2 is 1.47 bits per heavy atom. The molecule has 0 bridgehead atoms. The van der Waals surface area contributed by atoms with E-state index in [1.807, 2.05) is 6.07 Å². The number of amides is 1. The third-order valence-corrected chi connectivity index (χ3v) is 11.4. The van der Waals surface area contributed by atoms with Crippen molar-refractivity contribution in [3.05, 3.63) is 95.5 Å². The lowest BCUT2D eigenvalue weighted by Gasteiger charge is -2.31. The number of ether oxygens (including phenoxy) is 1. The summed E-state index contributed by atoms with van der Waals surface area (Å²) in [5.74, 6) is -3.81. The Bertz CT molecular complexity index is 1870. The summed E-state index contributed by atoms with van der Waals surface area (Å²) in [5.41, 5.74) is 0.992. The summed E-state index contributed by atoms with van der Waals surface area (Å²) in [5, 5.41) is 5.20. The average molecular weight is 680 g/mol. The molecule has 7 nitrogen and oxygen atoms in total. The zero-order valence-electron chi connectivity index (χ0n) is 25.7. The highest BCUT2D eigenvalue weighted by molar-refractivity contribution is 7.89. The third-order valence-electron chi connectivity index (χ3n) is 9.73. The van der Waals surface area contributed by atoms with Gasteiger partial charge in [-0.2, -0.15) is 13.5 Å². The molecule has 4 aromatic rings. The maximum absolute atomic E-state index is 16.5. The SMILES string of the molecule is O=C([C@H](NS(=O)(=O)c1ccc2cc(OC3CCCC3)ccc2c1)C(F)(F)c1ccc(-c2ccc(Cl)cc2)cc1)N1C[C@H]2CNC[C@H]2C1. The lowest BCUT2D eigenvalue weighted by molar-refractivity contribution is -0.143. The molecule has 0 spiro atoms. The number of rotatable bonds is 9. The largest absolute Gasteiger partial charge is 0.490 e. The van der Waals surface area contributed by atoms with Gasteiger partial charge >= 0.3 is 0 Å². The van der Waals surface area contributed by atoms with Crippen LogP contribution in [0.2, 0.25) is 5.02 Å². The van der Waals surface area contributed by atoms with Gasteiger partial charge in [0, 0.05) is 36.8 Å². The number of nitrogens with zero attached hydrogens (tertiary/aromatic N) is 1. The predicted molar refractivity (Wildman–Crippen MR) is 178 cm³/mol. The Morgan fingerprint density at radius 3 is 2.13 bits per heavy atom. The van der Waals surface area contributed by atoms with Crippen molar-refractivity contribution in [3.63, 3.8) is 0 Å². The normalized spacial score (nSPS) is 20.9. The van der Waals surface area contributed by atoms with Crippen LogP contribution in [-0.2, 0) is 20.7 Å². The van der Waals surface area contributed by atoms with E-state index in [-0.39, 0.29) is 22.8 Å². The summed E-state index contributed by atoms with van der Waals surface area (Å²) in [6, 6.07) is 20.0. The first kappa shape index (κ1) is 32.0. The molecule has 7 rings (SSSR count). The molecule has 0 unspecified atom stereocenters. The topological polar surface area (TPSA) is 87.7 Å². The van der Waals surface area contributed by atoms with Crippen molar-refractivity contribution < 1.29 is 26.7 Å². The Balaban J connectivity index is 1.17. The number of alkyl halides is 2. The molecule has 2 aliphatic heterocycles. The molecule has 3 fully saturated rings. The van der Waals surface area contributed by atoms with E-state index in [0.717, 1.165) is 36.6 Å². The van der Waals surface area contributed by atoms with Gasteiger partial charge in [0.2, 0.25) is 15.9 Å². The highest BCUT2D eigenvalue weighted by atomic mass is 35.5. The summed E-state index contributed by atoms with van der Waals surface area (Å²) in [4.78, 5) is 15.1. The first-order chi connectivity index (χ1) is 22.6. The molecule has 1 amide bonds. The number of nitrogens with one attached hydrogen (secondary N) is 2. The molecular formula is C36H36ClF2N3O4S. The lowest BCUT2D eigenvalue weighted by Crippen LogP contribution is -2.56. The molecule has 1 aliphatic carbocycles. The Hall–Kier alpha value is -3.57. The molecule has 2 saturated heterocycles. The van der Waals surface area contributed by atoms with E-state index in [1.165, 1.54) is 41.3 Å². The van der Waals surface area contributed by atoms with Crippen molar-refractivity contribution in [2.45, 2.75) is 48.6 Å². The fraction of sp³-hybridized carbons (Fsp3) is 0.361. The Kier molecular flexibility index (Phi) is 8.72. The van der Waals surface area contributed by atoms with Crippen molar-refractivity contribution in [3.8, 4) is 16.9 Å². The maximum Gasteiger partial charge on any atom is 0.298 e. The van der Waals surface area contributed by atoms with E-state index in [4.69, 9.17) is 16.3 Å². The standard InChI is InChI=1S/C36H36ClF2N3O4S/c37-30-13-7-24(8-14-30)23-5-11-29(12-6-23)36(38,39)34(35(43)42-21-27-19-40-20-28(27)22-42)41-47(44,45)33-16-10-25-17-32(15-9-26(25)18-33)46-31-3-1-2-4-31/h5-18,27-28,31,34,40-41H,1-4,19-22H2/t27-,28+,34-/m0/s1. The van der Waals surface area contributed by atoms with Crippen LogP contribution in [-0.4, -0.2) is 57.5 Å². The monoisotopic (exact) mass is 679 g/mol. The molecule has 1 saturated carbocycles. The first-order valence-electron chi connectivity index (χ1n) is 16.0. The molecule has 3 aliphatic rings. The van der Waals surface area contributed by atoms with Crippen LogP contribution in [0.3, 0.4) is 0 Å². The van der Waals surface area contributed by atoms with Crippen molar-refractivity contribution in [2.24, 2.45) is 11.8 Å². The second-order valence-corrected chi connectivity index (χ2v) is 15.0. The molecule has 2 N–H and O–H groups in total. The quantitative estimate of drug-likeness (QED) is 0.208. The fourth-order valence-corrected chi connectivity index (χ4v) is 8.41. The number of fused-ring (bicyclic) bond motifs is 2. The van der Waals surface area contributed by atoms with E-state index in [2.05, 4.69) is 10.0 Å². The Labute approximate surface area is 278 Å². The molecule has 0 aromatic heterocycles. The number of hydrogen-bond donors (Lipinski definition) is 2. The van der Waals surface area contributed by atoms with E-state index in [0.29, 0.717) is 47.9 Å². The van der Waals surface area contributed by atoms with Crippen molar-refractivity contribution in [1.82, 2.24) is 14.9 Å². The van der Waals surface area contributed by atoms with Gasteiger partial charge in [-0.15, -0.1) is 0 Å². The van der Waals surface area contributed by atoms with Crippen LogP contribution in [0.4, 0.5) is 8.78 Å². The molecular weight excluding hydrogens is 644 g/mol. The summed E-state index contributed by atoms with van der Waals surface area (Å²) in [7, 11) is -4.55. The predicted octanol–water partition coefficient (Wildman–Crippen LogP) is 6.60. The number of carbonyl (C=O) groups is 1. The smallest absolute Gasteiger partial charge is 0.298 e. The lowest BCUT2D eigenvalue weighted by atomic mass is 9.97. The van der Waals surface area contributed by atoms with Crippen LogP contribution in [0.5, 0.6) is 5.75 Å². The van der Waals surface area contributed by atoms with Gasteiger partial charge < -0.3 is 15.0 Å². The number of benzene rings is 4. The summed E-state index contributed by atoms with van der Waals surface area (Å²) >= 11 is 5.99. The number of carbonyl (C=O) groups excluding carboxylic acids is 1. The molecule has 2 heterocycles. The van der Waals surface area contributed by atoms with Crippen LogP contribution < -0.4 is 14.8 Å². The van der Waals surface area contributed by atoms with Gasteiger partial charge in [0.1, 0.15) is 5.75 Å². The van der Waals surface area contributed by atoms with E-state index in [9.17, 15) is 13.2 Å². The summed E-state index contributed by atoms with van der Waals surface area (Å²) in [6.07, 6.45) is 4.47. The molecule has 246 valence electrons.